The van der Waals surface area contributed by atoms with Gasteiger partial charge in [-0.2, -0.15) is 8.78 Å². The van der Waals surface area contributed by atoms with Crippen molar-refractivity contribution >= 4 is 38.0 Å². The molecule has 4 heterocycles. The third-order valence-corrected chi connectivity index (χ3v) is 5.96. The van der Waals surface area contributed by atoms with Gasteiger partial charge in [0.15, 0.2) is 5.13 Å². The van der Waals surface area contributed by atoms with Crippen LogP contribution in [0.3, 0.4) is 0 Å². The van der Waals surface area contributed by atoms with Crippen molar-refractivity contribution in [1.82, 2.24) is 30.2 Å². The normalized spacial score (nSPS) is 11.7. The second-order valence-corrected chi connectivity index (χ2v) is 8.28. The Kier molecular flexibility index (Phi) is 4.28. The highest BCUT2D eigenvalue weighted by molar-refractivity contribution is 7.22. The Labute approximate surface area is 169 Å². The van der Waals surface area contributed by atoms with Gasteiger partial charge in [0.2, 0.25) is 0 Å². The van der Waals surface area contributed by atoms with Gasteiger partial charge in [-0.3, -0.25) is 0 Å². The molecule has 12 heteroatoms. The largest absolute Gasteiger partial charge is 0.414 e. The minimum absolute atomic E-state index is 0.0768. The summed E-state index contributed by atoms with van der Waals surface area (Å²) in [5.41, 5.74) is 8.26. The fraction of sp³-hybridized carbons (Fsp3) is 0.118. The van der Waals surface area contributed by atoms with Crippen LogP contribution in [0.25, 0.3) is 32.2 Å². The highest BCUT2D eigenvalue weighted by atomic mass is 32.1. The van der Waals surface area contributed by atoms with E-state index in [4.69, 9.17) is 10.2 Å². The summed E-state index contributed by atoms with van der Waals surface area (Å²) in [5, 5.41) is 15.9. The number of thiophene rings is 1. The number of fused-ring (bicyclic) bond motifs is 1. The molecule has 0 aliphatic heterocycles. The summed E-state index contributed by atoms with van der Waals surface area (Å²) in [5.74, 6) is -0.608. The van der Waals surface area contributed by atoms with Crippen LogP contribution >= 0.6 is 22.7 Å². The van der Waals surface area contributed by atoms with Crippen molar-refractivity contribution in [1.29, 1.82) is 0 Å². The molecule has 0 amide bonds. The Bertz CT molecular complexity index is 1310. The molecule has 0 radical (unpaired) electrons. The second-order valence-electron chi connectivity index (χ2n) is 6.05. The lowest BCUT2D eigenvalue weighted by atomic mass is 10.1. The predicted molar refractivity (Wildman–Crippen MR) is 105 cm³/mol. The summed E-state index contributed by atoms with van der Waals surface area (Å²) in [6.07, 6.45) is -0.947. The Balaban J connectivity index is 1.35. The maximum absolute atomic E-state index is 12.6. The molecule has 8 nitrogen and oxygen atoms in total. The van der Waals surface area contributed by atoms with E-state index in [0.717, 1.165) is 26.4 Å². The first-order valence-electron chi connectivity index (χ1n) is 8.32. The van der Waals surface area contributed by atoms with Gasteiger partial charge in [0.1, 0.15) is 5.69 Å². The topological polar surface area (TPSA) is 109 Å². The number of anilines is 1. The van der Waals surface area contributed by atoms with Gasteiger partial charge in [-0.05, 0) is 24.3 Å². The number of rotatable bonds is 5. The number of hydrogen-bond donors (Lipinski definition) is 1. The highest BCUT2D eigenvalue weighted by Crippen LogP contribution is 2.30. The standard InChI is InChI=1S/C17H11F2N7OS2/c18-14(19)16-24-23-15(27-16)12-4-2-9(28-12)6-26-7-11(22-25-26)8-1-3-10-13(5-8)29-17(20)21-10/h1-5,7,14H,6H2,(H2,20,21). The Morgan fingerprint density at radius 1 is 1.10 bits per heavy atom. The molecular formula is C17H11F2N7OS2. The number of nitrogens with two attached hydrogens (primary N) is 1. The van der Waals surface area contributed by atoms with E-state index in [0.29, 0.717) is 16.6 Å². The SMILES string of the molecule is Nc1nc2ccc(-c3cn(Cc4ccc(-c5nnc(C(F)F)o5)s4)nn3)cc2s1. The van der Waals surface area contributed by atoms with E-state index in [1.807, 2.05) is 30.5 Å². The smallest absolute Gasteiger partial charge is 0.314 e. The van der Waals surface area contributed by atoms with E-state index in [1.165, 1.54) is 22.7 Å². The van der Waals surface area contributed by atoms with Crippen LogP contribution in [0.2, 0.25) is 0 Å². The number of halogens is 2. The van der Waals surface area contributed by atoms with E-state index < -0.39 is 12.3 Å². The van der Waals surface area contributed by atoms with Crippen molar-refractivity contribution in [2.75, 3.05) is 5.73 Å². The fourth-order valence-corrected chi connectivity index (χ4v) is 4.46. The minimum Gasteiger partial charge on any atom is -0.414 e. The van der Waals surface area contributed by atoms with Gasteiger partial charge in [0.05, 0.1) is 27.8 Å². The molecule has 0 saturated heterocycles. The molecule has 0 fully saturated rings. The first kappa shape index (κ1) is 17.8. The summed E-state index contributed by atoms with van der Waals surface area (Å²) in [6.45, 7) is 0.475. The Hall–Kier alpha value is -3.25. The third-order valence-electron chi connectivity index (χ3n) is 4.06. The Morgan fingerprint density at radius 2 is 2.00 bits per heavy atom. The quantitative estimate of drug-likeness (QED) is 0.443. The van der Waals surface area contributed by atoms with Crippen molar-refractivity contribution in [3.8, 4) is 22.0 Å². The molecule has 29 heavy (non-hydrogen) atoms. The number of thiazole rings is 1. The molecular weight excluding hydrogens is 420 g/mol. The van der Waals surface area contributed by atoms with Crippen LogP contribution < -0.4 is 5.73 Å². The molecule has 5 rings (SSSR count). The fourth-order valence-electron chi connectivity index (χ4n) is 2.77. The maximum atomic E-state index is 12.6. The third kappa shape index (κ3) is 3.47. The molecule has 0 atom stereocenters. The second kappa shape index (κ2) is 6.97. The molecule has 4 aromatic heterocycles. The lowest BCUT2D eigenvalue weighted by Crippen LogP contribution is -1.97. The van der Waals surface area contributed by atoms with Crippen molar-refractivity contribution in [2.45, 2.75) is 13.0 Å². The number of nitrogens with zero attached hydrogens (tertiary/aromatic N) is 6. The summed E-state index contributed by atoms with van der Waals surface area (Å²) in [7, 11) is 0. The molecule has 0 unspecified atom stereocenters. The van der Waals surface area contributed by atoms with E-state index in [1.54, 1.807) is 10.7 Å². The van der Waals surface area contributed by atoms with Crippen LogP contribution in [0, 0.1) is 0 Å². The molecule has 146 valence electrons. The molecule has 0 spiro atoms. The molecule has 0 aliphatic carbocycles. The van der Waals surface area contributed by atoms with Crippen LogP contribution in [-0.2, 0) is 6.54 Å². The summed E-state index contributed by atoms with van der Waals surface area (Å²) < 4.78 is 32.9. The molecule has 0 bridgehead atoms. The average molecular weight is 431 g/mol. The van der Waals surface area contributed by atoms with Gasteiger partial charge < -0.3 is 10.2 Å². The van der Waals surface area contributed by atoms with E-state index in [-0.39, 0.29) is 5.89 Å². The lowest BCUT2D eigenvalue weighted by molar-refractivity contribution is 0.116. The summed E-state index contributed by atoms with van der Waals surface area (Å²) >= 11 is 2.79. The first-order chi connectivity index (χ1) is 14.0. The van der Waals surface area contributed by atoms with E-state index >= 15 is 0 Å². The zero-order valence-electron chi connectivity index (χ0n) is 14.5. The first-order valence-corrected chi connectivity index (χ1v) is 9.95. The van der Waals surface area contributed by atoms with Crippen molar-refractivity contribution < 1.29 is 13.2 Å². The number of alkyl halides is 2. The van der Waals surface area contributed by atoms with Crippen LogP contribution in [0.4, 0.5) is 13.9 Å². The van der Waals surface area contributed by atoms with Crippen molar-refractivity contribution in [3.05, 3.63) is 47.3 Å². The van der Waals surface area contributed by atoms with Gasteiger partial charge in [-0.15, -0.1) is 26.6 Å². The molecule has 0 aliphatic rings. The van der Waals surface area contributed by atoms with Gasteiger partial charge >= 0.3 is 6.43 Å². The predicted octanol–water partition coefficient (Wildman–Crippen LogP) is 4.23. The summed E-state index contributed by atoms with van der Waals surface area (Å²) in [4.78, 5) is 5.81. The number of aromatic nitrogens is 6. The van der Waals surface area contributed by atoms with E-state index in [9.17, 15) is 8.78 Å². The number of nitrogen functional groups attached to an aromatic ring is 1. The van der Waals surface area contributed by atoms with Gasteiger partial charge in [-0.1, -0.05) is 22.6 Å². The highest BCUT2D eigenvalue weighted by Gasteiger charge is 2.18. The molecule has 2 N–H and O–H groups in total. The van der Waals surface area contributed by atoms with Gasteiger partial charge in [0.25, 0.3) is 11.8 Å². The summed E-state index contributed by atoms with van der Waals surface area (Å²) in [6, 6.07) is 9.43. The Morgan fingerprint density at radius 3 is 2.83 bits per heavy atom. The molecule has 1 aromatic carbocycles. The van der Waals surface area contributed by atoms with Crippen LogP contribution in [0.5, 0.6) is 0 Å². The van der Waals surface area contributed by atoms with Gasteiger partial charge in [-0.25, -0.2) is 9.67 Å². The van der Waals surface area contributed by atoms with E-state index in [2.05, 4.69) is 25.5 Å². The maximum Gasteiger partial charge on any atom is 0.314 e. The number of hydrogen-bond acceptors (Lipinski definition) is 9. The van der Waals surface area contributed by atoms with Crippen molar-refractivity contribution in [2.24, 2.45) is 0 Å². The lowest BCUT2D eigenvalue weighted by Gasteiger charge is -1.97. The van der Waals surface area contributed by atoms with Crippen LogP contribution in [-0.4, -0.2) is 30.2 Å². The zero-order valence-corrected chi connectivity index (χ0v) is 16.1. The molecule has 0 saturated carbocycles. The van der Waals surface area contributed by atoms with Crippen molar-refractivity contribution in [3.63, 3.8) is 0 Å². The molecule has 5 aromatic rings. The minimum atomic E-state index is -2.79. The zero-order chi connectivity index (χ0) is 20.0. The average Bonchev–Trinajstić information content (AvgIpc) is 3.47. The monoisotopic (exact) mass is 431 g/mol. The number of benzene rings is 1. The van der Waals surface area contributed by atoms with Crippen LogP contribution in [0.1, 0.15) is 17.2 Å². The van der Waals surface area contributed by atoms with Gasteiger partial charge in [0, 0.05) is 10.4 Å². The van der Waals surface area contributed by atoms with Crippen LogP contribution in [0.15, 0.2) is 40.9 Å².